The second-order valence-electron chi connectivity index (χ2n) is 9.63. The molecule has 15 heteroatoms. The fourth-order valence-corrected chi connectivity index (χ4v) is 7.04. The van der Waals surface area contributed by atoms with Crippen molar-refractivity contribution in [1.82, 2.24) is 19.7 Å². The van der Waals surface area contributed by atoms with Crippen molar-refractivity contribution in [3.05, 3.63) is 30.0 Å². The van der Waals surface area contributed by atoms with Crippen molar-refractivity contribution in [1.29, 1.82) is 0 Å². The Hall–Kier alpha value is -2.59. The second-order valence-corrected chi connectivity index (χ2v) is 12.7. The zero-order valence-corrected chi connectivity index (χ0v) is 21.9. The number of aromatic nitrogens is 3. The van der Waals surface area contributed by atoms with Gasteiger partial charge in [0.15, 0.2) is 0 Å². The van der Waals surface area contributed by atoms with Crippen LogP contribution in [-0.2, 0) is 10.0 Å². The number of para-hydroxylation sites is 1. The van der Waals surface area contributed by atoms with Gasteiger partial charge in [0, 0.05) is 12.5 Å². The van der Waals surface area contributed by atoms with Crippen LogP contribution >= 0.6 is 11.3 Å². The molecular formula is C23H27F3N6O4S2. The number of alkyl halides is 3. The number of fused-ring (bicyclic) bond motifs is 1. The Morgan fingerprint density at radius 1 is 1.11 bits per heavy atom. The van der Waals surface area contributed by atoms with Gasteiger partial charge in [0.25, 0.3) is 0 Å². The number of aliphatic hydroxyl groups is 2. The highest BCUT2D eigenvalue weighted by molar-refractivity contribution is 7.90. The minimum atomic E-state index is -4.48. The van der Waals surface area contributed by atoms with Gasteiger partial charge in [-0.05, 0) is 38.3 Å². The maximum atomic E-state index is 12.8. The molecule has 38 heavy (non-hydrogen) atoms. The lowest BCUT2D eigenvalue weighted by atomic mass is 10.1. The number of nitrogens with zero attached hydrogens (tertiary/aromatic N) is 3. The lowest BCUT2D eigenvalue weighted by Gasteiger charge is -2.21. The minimum absolute atomic E-state index is 0.0405. The summed E-state index contributed by atoms with van der Waals surface area (Å²) in [6.07, 6.45) is -5.57. The summed E-state index contributed by atoms with van der Waals surface area (Å²) in [5, 5.41) is 26.8. The first-order valence-electron chi connectivity index (χ1n) is 12.1. The highest BCUT2D eigenvalue weighted by Gasteiger charge is 2.43. The molecule has 2 saturated carbocycles. The molecule has 0 unspecified atom stereocenters. The van der Waals surface area contributed by atoms with E-state index >= 15 is 0 Å². The largest absolute Gasteiger partial charge is 0.405 e. The van der Waals surface area contributed by atoms with Crippen molar-refractivity contribution in [3.63, 3.8) is 0 Å². The number of benzene rings is 1. The summed E-state index contributed by atoms with van der Waals surface area (Å²) in [5.41, 5.74) is 1.56. The van der Waals surface area contributed by atoms with E-state index < -0.39 is 52.2 Å². The van der Waals surface area contributed by atoms with Gasteiger partial charge in [-0.1, -0.05) is 12.1 Å². The third-order valence-electron chi connectivity index (χ3n) is 6.68. The molecule has 5 N–H and O–H groups in total. The van der Waals surface area contributed by atoms with Gasteiger partial charge in [-0.3, -0.25) is 0 Å². The van der Waals surface area contributed by atoms with Gasteiger partial charge in [-0.25, -0.2) is 23.1 Å². The molecular weight excluding hydrogens is 545 g/mol. The SMILES string of the molecule is Cc1nc(NCC(F)(F)F)nc(N[C@@H]2C[C@H](CNS(=O)(=O)C3CC3)[C@@H](O)[C@H]2O)c1-c1nc2ccccc2s1. The average molecular weight is 573 g/mol. The predicted octanol–water partition coefficient (Wildman–Crippen LogP) is 2.64. The molecule has 0 radical (unpaired) electrons. The number of anilines is 2. The number of halogens is 3. The van der Waals surface area contributed by atoms with Crippen LogP contribution in [0.2, 0.25) is 0 Å². The molecule has 2 heterocycles. The first-order chi connectivity index (χ1) is 17.9. The molecule has 10 nitrogen and oxygen atoms in total. The molecule has 0 bridgehead atoms. The van der Waals surface area contributed by atoms with E-state index in [2.05, 4.69) is 30.3 Å². The highest BCUT2D eigenvalue weighted by Crippen LogP contribution is 2.38. The summed E-state index contributed by atoms with van der Waals surface area (Å²) >= 11 is 1.36. The second kappa shape index (κ2) is 10.2. The molecule has 0 spiro atoms. The van der Waals surface area contributed by atoms with Crippen molar-refractivity contribution >= 4 is 43.3 Å². The summed E-state index contributed by atoms with van der Waals surface area (Å²) in [5.74, 6) is -0.682. The number of nitrogens with one attached hydrogen (secondary N) is 3. The first-order valence-corrected chi connectivity index (χ1v) is 14.4. The van der Waals surface area contributed by atoms with Crippen LogP contribution in [0, 0.1) is 12.8 Å². The minimum Gasteiger partial charge on any atom is -0.390 e. The molecule has 4 atom stereocenters. The predicted molar refractivity (Wildman–Crippen MR) is 137 cm³/mol. The number of hydrogen-bond donors (Lipinski definition) is 5. The Morgan fingerprint density at radius 3 is 2.53 bits per heavy atom. The molecule has 3 aromatic rings. The van der Waals surface area contributed by atoms with Gasteiger partial charge < -0.3 is 20.8 Å². The van der Waals surface area contributed by atoms with Crippen LogP contribution in [0.15, 0.2) is 24.3 Å². The Morgan fingerprint density at radius 2 is 1.84 bits per heavy atom. The van der Waals surface area contributed by atoms with Crippen molar-refractivity contribution in [2.45, 2.75) is 55.9 Å². The maximum absolute atomic E-state index is 12.8. The van der Waals surface area contributed by atoms with Gasteiger partial charge in [-0.15, -0.1) is 11.3 Å². The van der Waals surface area contributed by atoms with E-state index in [0.717, 1.165) is 10.2 Å². The van der Waals surface area contributed by atoms with Crippen LogP contribution in [0.3, 0.4) is 0 Å². The van der Waals surface area contributed by atoms with E-state index in [1.54, 1.807) is 6.92 Å². The first kappa shape index (κ1) is 27.0. The van der Waals surface area contributed by atoms with Crippen LogP contribution in [0.4, 0.5) is 24.9 Å². The van der Waals surface area contributed by atoms with Gasteiger partial charge in [0.1, 0.15) is 23.5 Å². The fourth-order valence-electron chi connectivity index (χ4n) is 4.54. The number of hydrogen-bond acceptors (Lipinski definition) is 10. The van der Waals surface area contributed by atoms with Crippen LogP contribution in [0.5, 0.6) is 0 Å². The summed E-state index contributed by atoms with van der Waals surface area (Å²) in [7, 11) is -3.47. The molecule has 2 aliphatic rings. The Balaban J connectivity index is 1.43. The Labute approximate surface area is 220 Å². The Bertz CT molecular complexity index is 1400. The average Bonchev–Trinajstić information content (AvgIpc) is 3.58. The fraction of sp³-hybridized carbons (Fsp3) is 0.522. The number of aliphatic hydroxyl groups excluding tert-OH is 2. The van der Waals surface area contributed by atoms with E-state index in [-0.39, 0.29) is 24.7 Å². The number of sulfonamides is 1. The molecule has 206 valence electrons. The summed E-state index contributed by atoms with van der Waals surface area (Å²) < 4.78 is 66.3. The quantitative estimate of drug-likeness (QED) is 0.261. The normalized spacial score (nSPS) is 24.2. The monoisotopic (exact) mass is 572 g/mol. The smallest absolute Gasteiger partial charge is 0.390 e. The lowest BCUT2D eigenvalue weighted by molar-refractivity contribution is -0.115. The molecule has 0 aliphatic heterocycles. The summed E-state index contributed by atoms with van der Waals surface area (Å²) in [6, 6.07) is 6.68. The van der Waals surface area contributed by atoms with E-state index in [1.165, 1.54) is 11.3 Å². The number of thiazole rings is 1. The maximum Gasteiger partial charge on any atom is 0.405 e. The van der Waals surface area contributed by atoms with Crippen molar-refractivity contribution < 1.29 is 31.8 Å². The molecule has 2 fully saturated rings. The number of aryl methyl sites for hydroxylation is 1. The summed E-state index contributed by atoms with van der Waals surface area (Å²) in [6.45, 7) is 0.254. The third kappa shape index (κ3) is 5.86. The topological polar surface area (TPSA) is 149 Å². The lowest BCUT2D eigenvalue weighted by Crippen LogP contribution is -2.38. The van der Waals surface area contributed by atoms with Crippen LogP contribution < -0.4 is 15.4 Å². The van der Waals surface area contributed by atoms with E-state index in [9.17, 15) is 31.8 Å². The molecule has 1 aromatic carbocycles. The standard InChI is InChI=1S/C23H27F3N6O4S2/c1-11-17(21-31-14-4-2-3-5-16(14)37-21)20(32-22(29-11)27-10-23(24,25)26)30-15-8-12(18(33)19(15)34)9-28-38(35,36)13-6-7-13/h2-5,12-13,15,18-19,28,33-34H,6-10H2,1H3,(H2,27,29,30,32)/t12-,15-,18-,19+/m1/s1. The van der Waals surface area contributed by atoms with Crippen LogP contribution in [0.25, 0.3) is 20.8 Å². The van der Waals surface area contributed by atoms with Gasteiger partial charge >= 0.3 is 6.18 Å². The van der Waals surface area contributed by atoms with Gasteiger partial charge in [0.05, 0.1) is 38.9 Å². The molecule has 5 rings (SSSR count). The zero-order chi connectivity index (χ0) is 27.2. The van der Waals surface area contributed by atoms with Crippen molar-refractivity contribution in [2.75, 3.05) is 23.7 Å². The van der Waals surface area contributed by atoms with Crippen LogP contribution in [0.1, 0.15) is 25.0 Å². The van der Waals surface area contributed by atoms with Gasteiger partial charge in [0.2, 0.25) is 16.0 Å². The number of rotatable bonds is 9. The highest BCUT2D eigenvalue weighted by atomic mass is 32.2. The molecule has 0 amide bonds. The van der Waals surface area contributed by atoms with E-state index in [1.807, 2.05) is 24.3 Å². The third-order valence-corrected chi connectivity index (χ3v) is 9.65. The van der Waals surface area contributed by atoms with Crippen molar-refractivity contribution in [3.8, 4) is 10.6 Å². The zero-order valence-electron chi connectivity index (χ0n) is 20.2. The molecule has 2 aliphatic carbocycles. The van der Waals surface area contributed by atoms with Crippen LogP contribution in [-0.4, -0.2) is 76.3 Å². The molecule has 0 saturated heterocycles. The summed E-state index contributed by atoms with van der Waals surface area (Å²) in [4.78, 5) is 13.1. The van der Waals surface area contributed by atoms with E-state index in [0.29, 0.717) is 29.1 Å². The van der Waals surface area contributed by atoms with Crippen molar-refractivity contribution in [2.24, 2.45) is 5.92 Å². The van der Waals surface area contributed by atoms with Gasteiger partial charge in [-0.2, -0.15) is 18.2 Å². The molecule has 2 aromatic heterocycles. The van der Waals surface area contributed by atoms with E-state index in [4.69, 9.17) is 0 Å². The Kier molecular flexibility index (Phi) is 7.24.